The number of piperazine rings is 1. The molecule has 0 bridgehead atoms. The third-order valence-corrected chi connectivity index (χ3v) is 7.70. The minimum Gasteiger partial charge on any atom is -0.406 e. The number of nitrogens with one attached hydrogen (secondary N) is 1. The molecule has 8 heteroatoms. The molecule has 0 aliphatic carbocycles. The fourth-order valence-electron chi connectivity index (χ4n) is 5.86. The van der Waals surface area contributed by atoms with Crippen LogP contribution in [0.25, 0.3) is 0 Å². The number of carbonyl (C=O) groups is 1. The van der Waals surface area contributed by atoms with Gasteiger partial charge in [-0.25, -0.2) is 0 Å². The number of aryl methyl sites for hydroxylation is 1. The predicted octanol–water partition coefficient (Wildman–Crippen LogP) is 6.23. The minimum absolute atomic E-state index is 0.236. The summed E-state index contributed by atoms with van der Waals surface area (Å²) < 4.78 is 43.0. The highest BCUT2D eigenvalue weighted by Crippen LogP contribution is 2.38. The van der Waals surface area contributed by atoms with Crippen LogP contribution in [0, 0.1) is 6.92 Å². The predicted molar refractivity (Wildman–Crippen MR) is 151 cm³/mol. The van der Waals surface area contributed by atoms with Gasteiger partial charge < -0.3 is 14.8 Å². The first-order chi connectivity index (χ1) is 19.8. The van der Waals surface area contributed by atoms with Crippen LogP contribution in [0.15, 0.2) is 103 Å². The molecule has 0 spiro atoms. The fourth-order valence-corrected chi connectivity index (χ4v) is 5.86. The second-order valence-electron chi connectivity index (χ2n) is 10.5. The first kappa shape index (κ1) is 28.5. The Morgan fingerprint density at radius 3 is 2.24 bits per heavy atom. The van der Waals surface area contributed by atoms with E-state index in [4.69, 9.17) is 0 Å². The van der Waals surface area contributed by atoms with Crippen molar-refractivity contribution in [3.63, 3.8) is 0 Å². The molecule has 1 saturated heterocycles. The topological polar surface area (TPSA) is 54.5 Å². The third kappa shape index (κ3) is 6.84. The molecule has 5 rings (SSSR count). The van der Waals surface area contributed by atoms with E-state index in [9.17, 15) is 18.0 Å². The highest BCUT2D eigenvalue weighted by molar-refractivity contribution is 5.62. The molecule has 5 nitrogen and oxygen atoms in total. The Balaban J connectivity index is 1.57. The summed E-state index contributed by atoms with van der Waals surface area (Å²) in [5.41, 5.74) is 3.48. The normalized spacial score (nSPS) is 21.4. The van der Waals surface area contributed by atoms with Crippen LogP contribution < -0.4 is 10.1 Å². The average Bonchev–Trinajstić information content (AvgIpc) is 2.95. The zero-order valence-corrected chi connectivity index (χ0v) is 22.7. The van der Waals surface area contributed by atoms with Crippen LogP contribution in [0.1, 0.15) is 34.0 Å². The fraction of sp³-hybridized carbons (Fsp3) is 0.273. The van der Waals surface area contributed by atoms with Gasteiger partial charge in [0.1, 0.15) is 12.0 Å². The van der Waals surface area contributed by atoms with Gasteiger partial charge in [-0.1, -0.05) is 78.9 Å². The molecule has 1 N–H and O–H groups in total. The van der Waals surface area contributed by atoms with Crippen molar-refractivity contribution < 1.29 is 22.7 Å². The molecular formula is C33H32F3N3O2. The molecule has 0 saturated carbocycles. The Morgan fingerprint density at radius 2 is 1.63 bits per heavy atom. The number of aromatic nitrogens is 1. The number of hydrogen-bond acceptors (Lipinski definition) is 5. The molecule has 0 radical (unpaired) electrons. The third-order valence-electron chi connectivity index (χ3n) is 7.70. The molecule has 41 heavy (non-hydrogen) atoms. The van der Waals surface area contributed by atoms with Crippen LogP contribution in [0.4, 0.5) is 13.2 Å². The van der Waals surface area contributed by atoms with Crippen molar-refractivity contribution in [3.05, 3.63) is 131 Å². The van der Waals surface area contributed by atoms with E-state index < -0.39 is 17.9 Å². The summed E-state index contributed by atoms with van der Waals surface area (Å²) in [6.07, 6.45) is -0.919. The Labute approximate surface area is 238 Å². The van der Waals surface area contributed by atoms with E-state index >= 15 is 0 Å². The Morgan fingerprint density at radius 1 is 0.951 bits per heavy atom. The van der Waals surface area contributed by atoms with Gasteiger partial charge in [-0.2, -0.15) is 0 Å². The molecule has 1 aliphatic heterocycles. The number of benzene rings is 3. The van der Waals surface area contributed by atoms with Crippen LogP contribution in [-0.4, -0.2) is 40.7 Å². The number of halogens is 3. The maximum atomic E-state index is 13.2. The molecule has 0 amide bonds. The summed E-state index contributed by atoms with van der Waals surface area (Å²) in [4.78, 5) is 19.9. The lowest BCUT2D eigenvalue weighted by Crippen LogP contribution is -2.70. The van der Waals surface area contributed by atoms with Gasteiger partial charge in [0, 0.05) is 37.4 Å². The molecule has 3 atom stereocenters. The van der Waals surface area contributed by atoms with E-state index in [1.165, 1.54) is 6.07 Å². The summed E-state index contributed by atoms with van der Waals surface area (Å²) in [5.74, 6) is -0.236. The van der Waals surface area contributed by atoms with E-state index in [-0.39, 0.29) is 11.8 Å². The SMILES string of the molecule is Cc1cc(C2CNC(Cc3ccccc3)(Cc3ccccn3)C(C=O)N2Cc2ccccc2)ccc1OC(F)(F)F. The van der Waals surface area contributed by atoms with Crippen LogP contribution in [-0.2, 0) is 24.2 Å². The molecule has 3 unspecified atom stereocenters. The number of rotatable bonds is 9. The number of carbonyl (C=O) groups excluding carboxylic acids is 1. The lowest BCUT2D eigenvalue weighted by atomic mass is 9.76. The van der Waals surface area contributed by atoms with Gasteiger partial charge in [0.15, 0.2) is 0 Å². The van der Waals surface area contributed by atoms with Gasteiger partial charge in [0.2, 0.25) is 0 Å². The first-order valence-corrected chi connectivity index (χ1v) is 13.6. The minimum atomic E-state index is -4.77. The van der Waals surface area contributed by atoms with Crippen molar-refractivity contribution in [2.75, 3.05) is 6.54 Å². The van der Waals surface area contributed by atoms with Crippen molar-refractivity contribution in [1.82, 2.24) is 15.2 Å². The number of aldehydes is 1. The standard InChI is InChI=1S/C33H32F3N3O2/c1-24-18-27(15-16-30(24)41-33(34,35)36)29-21-38-32(19-25-10-4-2-5-11-25,20-28-14-8-9-17-37-28)31(23-40)39(29)22-26-12-6-3-7-13-26/h2-18,23,29,31,38H,19-22H2,1H3. The second-order valence-corrected chi connectivity index (χ2v) is 10.5. The molecule has 4 aromatic rings. The highest BCUT2D eigenvalue weighted by atomic mass is 19.4. The highest BCUT2D eigenvalue weighted by Gasteiger charge is 2.48. The number of nitrogens with zero attached hydrogens (tertiary/aromatic N) is 2. The van der Waals surface area contributed by atoms with Crippen molar-refractivity contribution in [3.8, 4) is 5.75 Å². The molecule has 1 fully saturated rings. The van der Waals surface area contributed by atoms with Gasteiger partial charge in [-0.05, 0) is 53.8 Å². The summed E-state index contributed by atoms with van der Waals surface area (Å²) in [6, 6.07) is 29.6. The van der Waals surface area contributed by atoms with Crippen molar-refractivity contribution in [2.45, 2.75) is 50.3 Å². The summed E-state index contributed by atoms with van der Waals surface area (Å²) in [6.45, 7) is 2.56. The van der Waals surface area contributed by atoms with Gasteiger partial charge in [0.25, 0.3) is 0 Å². The zero-order chi connectivity index (χ0) is 28.9. The van der Waals surface area contributed by atoms with Crippen LogP contribution in [0.2, 0.25) is 0 Å². The Kier molecular flexibility index (Phi) is 8.52. The van der Waals surface area contributed by atoms with Crippen LogP contribution >= 0.6 is 0 Å². The number of ether oxygens (including phenoxy) is 1. The lowest BCUT2D eigenvalue weighted by molar-refractivity contribution is -0.274. The van der Waals surface area contributed by atoms with E-state index in [0.717, 1.165) is 28.7 Å². The smallest absolute Gasteiger partial charge is 0.406 e. The summed E-state index contributed by atoms with van der Waals surface area (Å²) in [5, 5.41) is 3.74. The van der Waals surface area contributed by atoms with E-state index in [1.54, 1.807) is 25.3 Å². The molecule has 1 aliphatic rings. The lowest BCUT2D eigenvalue weighted by Gasteiger charge is -2.52. The van der Waals surface area contributed by atoms with Gasteiger partial charge in [0.05, 0.1) is 11.6 Å². The van der Waals surface area contributed by atoms with Gasteiger partial charge in [-0.3, -0.25) is 9.88 Å². The number of pyridine rings is 1. The zero-order valence-electron chi connectivity index (χ0n) is 22.7. The van der Waals surface area contributed by atoms with Crippen molar-refractivity contribution in [2.24, 2.45) is 0 Å². The van der Waals surface area contributed by atoms with Crippen molar-refractivity contribution in [1.29, 1.82) is 0 Å². The van der Waals surface area contributed by atoms with Crippen molar-refractivity contribution >= 4 is 6.29 Å². The second kappa shape index (κ2) is 12.2. The Bertz CT molecular complexity index is 1390. The molecular weight excluding hydrogens is 527 g/mol. The van der Waals surface area contributed by atoms with Crippen LogP contribution in [0.5, 0.6) is 5.75 Å². The first-order valence-electron chi connectivity index (χ1n) is 13.6. The maximum absolute atomic E-state index is 13.2. The summed E-state index contributed by atoms with van der Waals surface area (Å²) in [7, 11) is 0. The maximum Gasteiger partial charge on any atom is 0.573 e. The van der Waals surface area contributed by atoms with E-state index in [0.29, 0.717) is 31.5 Å². The molecule has 212 valence electrons. The monoisotopic (exact) mass is 559 g/mol. The molecule has 2 heterocycles. The van der Waals surface area contributed by atoms with E-state index in [2.05, 4.69) is 32.1 Å². The summed E-state index contributed by atoms with van der Waals surface area (Å²) >= 11 is 0. The molecule has 1 aromatic heterocycles. The molecule has 3 aromatic carbocycles. The number of alkyl halides is 3. The van der Waals surface area contributed by atoms with E-state index in [1.807, 2.05) is 66.7 Å². The largest absolute Gasteiger partial charge is 0.573 e. The average molecular weight is 560 g/mol. The quantitative estimate of drug-likeness (QED) is 0.247. The Hall–Kier alpha value is -4.01. The van der Waals surface area contributed by atoms with Gasteiger partial charge >= 0.3 is 6.36 Å². The van der Waals surface area contributed by atoms with Gasteiger partial charge in [-0.15, -0.1) is 13.2 Å². The number of hydrogen-bond donors (Lipinski definition) is 1. The van der Waals surface area contributed by atoms with Crippen LogP contribution in [0.3, 0.4) is 0 Å².